The molecule has 1 aromatic rings. The molecule has 1 saturated heterocycles. The molecule has 1 aliphatic carbocycles. The van der Waals surface area contributed by atoms with Crippen molar-refractivity contribution >= 4 is 18.5 Å². The molecule has 1 heterocycles. The van der Waals surface area contributed by atoms with Crippen molar-refractivity contribution in [2.45, 2.75) is 57.3 Å². The van der Waals surface area contributed by atoms with Crippen LogP contribution in [0.25, 0.3) is 0 Å². The normalized spacial score (nSPS) is 25.6. The summed E-state index contributed by atoms with van der Waals surface area (Å²) in [6.07, 6.45) is -0.326. The molecule has 2 fully saturated rings. The molecule has 0 radical (unpaired) electrons. The molecule has 0 spiro atoms. The maximum absolute atomic E-state index is 13.0. The van der Waals surface area contributed by atoms with Gasteiger partial charge in [0.15, 0.2) is 0 Å². The van der Waals surface area contributed by atoms with Crippen LogP contribution in [0, 0.1) is 0 Å². The molecule has 1 amide bonds. The van der Waals surface area contributed by atoms with E-state index in [0.29, 0.717) is 5.46 Å². The van der Waals surface area contributed by atoms with E-state index in [0.717, 1.165) is 0 Å². The summed E-state index contributed by atoms with van der Waals surface area (Å²) >= 11 is 0. The summed E-state index contributed by atoms with van der Waals surface area (Å²) in [7, 11) is 0.829. The Balaban J connectivity index is 1.80. The minimum Gasteiger partial charge on any atom is -0.496 e. The second kappa shape index (κ2) is 5.67. The lowest BCUT2D eigenvalue weighted by atomic mass is 9.78. The van der Waals surface area contributed by atoms with Gasteiger partial charge in [0.05, 0.1) is 29.9 Å². The summed E-state index contributed by atoms with van der Waals surface area (Å²) in [6.45, 7) is 7.79. The highest BCUT2D eigenvalue weighted by atomic mass is 19.3. The van der Waals surface area contributed by atoms with Gasteiger partial charge < -0.3 is 19.4 Å². The quantitative estimate of drug-likeness (QED) is 0.843. The van der Waals surface area contributed by atoms with Crippen molar-refractivity contribution in [1.82, 2.24) is 5.32 Å². The van der Waals surface area contributed by atoms with E-state index < -0.39 is 36.2 Å². The number of alkyl halides is 2. The number of ether oxygens (including phenoxy) is 1. The predicted octanol–water partition coefficient (Wildman–Crippen LogP) is 2.13. The Hall–Kier alpha value is -1.67. The number of hydrogen-bond donors (Lipinski definition) is 1. The van der Waals surface area contributed by atoms with Crippen LogP contribution in [-0.2, 0) is 9.31 Å². The molecule has 5 nitrogen and oxygen atoms in total. The van der Waals surface area contributed by atoms with Gasteiger partial charge in [-0.15, -0.1) is 0 Å². The smallest absolute Gasteiger partial charge is 0.494 e. The lowest BCUT2D eigenvalue weighted by Crippen LogP contribution is -2.41. The van der Waals surface area contributed by atoms with Crippen molar-refractivity contribution in [2.24, 2.45) is 0 Å². The predicted molar refractivity (Wildman–Crippen MR) is 89.5 cm³/mol. The zero-order valence-corrected chi connectivity index (χ0v) is 15.0. The van der Waals surface area contributed by atoms with Gasteiger partial charge in [0.1, 0.15) is 5.75 Å². The van der Waals surface area contributed by atoms with Crippen molar-refractivity contribution in [3.05, 3.63) is 23.8 Å². The number of carbonyl (C=O) groups is 1. The second-order valence-corrected chi connectivity index (χ2v) is 7.54. The third-order valence-electron chi connectivity index (χ3n) is 5.13. The van der Waals surface area contributed by atoms with Gasteiger partial charge in [-0.3, -0.25) is 4.79 Å². The Kier molecular flexibility index (Phi) is 4.11. The molecular weight excluding hydrogens is 331 g/mol. The molecule has 136 valence electrons. The molecule has 3 rings (SSSR count). The standard InChI is InChI=1S/C17H22BF2NO4/c1-15(2)16(3,4)25-18(24-15)10-6-7-11(12(8-10)23-5)14(22)21-13-9-17(13,19)20/h6-8,13H,9H2,1-5H3,(H,21,22). The molecule has 2 aliphatic rings. The number of methoxy groups -OCH3 is 1. The molecule has 1 unspecified atom stereocenters. The van der Waals surface area contributed by atoms with E-state index in [2.05, 4.69) is 5.32 Å². The SMILES string of the molecule is COc1cc(B2OC(C)(C)C(C)(C)O2)ccc1C(=O)NC1CC1(F)F. The Bertz CT molecular complexity index is 692. The van der Waals surface area contributed by atoms with Crippen molar-refractivity contribution in [3.8, 4) is 5.75 Å². The molecule has 1 N–H and O–H groups in total. The Morgan fingerprint density at radius 1 is 1.24 bits per heavy atom. The fourth-order valence-corrected chi connectivity index (χ4v) is 2.63. The minimum absolute atomic E-state index is 0.200. The molecule has 25 heavy (non-hydrogen) atoms. The van der Waals surface area contributed by atoms with Gasteiger partial charge in [0.2, 0.25) is 0 Å². The molecule has 0 aromatic heterocycles. The van der Waals surface area contributed by atoms with E-state index in [1.165, 1.54) is 13.2 Å². The first-order valence-corrected chi connectivity index (χ1v) is 8.19. The molecular formula is C17H22BF2NO4. The Morgan fingerprint density at radius 3 is 2.28 bits per heavy atom. The number of carbonyl (C=O) groups excluding carboxylic acids is 1. The fraction of sp³-hybridized carbons (Fsp3) is 0.588. The summed E-state index contributed by atoms with van der Waals surface area (Å²) in [6, 6.07) is 3.76. The number of halogens is 2. The van der Waals surface area contributed by atoms with E-state index in [9.17, 15) is 13.6 Å². The first-order chi connectivity index (χ1) is 11.5. The lowest BCUT2D eigenvalue weighted by molar-refractivity contribution is 0.00578. The van der Waals surface area contributed by atoms with Gasteiger partial charge in [-0.2, -0.15) is 0 Å². The van der Waals surface area contributed by atoms with Crippen molar-refractivity contribution in [3.63, 3.8) is 0 Å². The van der Waals surface area contributed by atoms with Crippen molar-refractivity contribution in [2.75, 3.05) is 7.11 Å². The number of rotatable bonds is 4. The van der Waals surface area contributed by atoms with Crippen LogP contribution < -0.4 is 15.5 Å². The summed E-state index contributed by atoms with van der Waals surface area (Å²) in [4.78, 5) is 12.2. The zero-order chi connectivity index (χ0) is 18.6. The topological polar surface area (TPSA) is 56.8 Å². The zero-order valence-electron chi connectivity index (χ0n) is 15.0. The van der Waals surface area contributed by atoms with Crippen LogP contribution in [0.4, 0.5) is 8.78 Å². The largest absolute Gasteiger partial charge is 0.496 e. The van der Waals surface area contributed by atoms with E-state index >= 15 is 0 Å². The average Bonchev–Trinajstić information content (AvgIpc) is 3.03. The molecule has 0 bridgehead atoms. The van der Waals surface area contributed by atoms with E-state index in [4.69, 9.17) is 14.0 Å². The molecule has 1 aliphatic heterocycles. The molecule has 8 heteroatoms. The second-order valence-electron chi connectivity index (χ2n) is 7.54. The maximum Gasteiger partial charge on any atom is 0.494 e. The average molecular weight is 353 g/mol. The van der Waals surface area contributed by atoms with Crippen LogP contribution in [0.3, 0.4) is 0 Å². The highest BCUT2D eigenvalue weighted by Gasteiger charge is 2.58. The first kappa shape index (κ1) is 18.1. The number of benzene rings is 1. The summed E-state index contributed by atoms with van der Waals surface area (Å²) in [5.41, 5.74) is -0.0777. The van der Waals surface area contributed by atoms with Crippen LogP contribution in [0.5, 0.6) is 5.75 Å². The van der Waals surface area contributed by atoms with Crippen molar-refractivity contribution < 1.29 is 27.6 Å². The van der Waals surface area contributed by atoms with E-state index in [1.807, 2.05) is 27.7 Å². The highest BCUT2D eigenvalue weighted by molar-refractivity contribution is 6.62. The van der Waals surface area contributed by atoms with Crippen LogP contribution in [0.1, 0.15) is 44.5 Å². The van der Waals surface area contributed by atoms with Crippen LogP contribution in [0.15, 0.2) is 18.2 Å². The first-order valence-electron chi connectivity index (χ1n) is 8.19. The van der Waals surface area contributed by atoms with E-state index in [1.54, 1.807) is 12.1 Å². The van der Waals surface area contributed by atoms with Crippen LogP contribution >= 0.6 is 0 Å². The Morgan fingerprint density at radius 2 is 1.80 bits per heavy atom. The number of nitrogens with one attached hydrogen (secondary N) is 1. The fourth-order valence-electron chi connectivity index (χ4n) is 2.63. The molecule has 1 aromatic carbocycles. The Labute approximate surface area is 146 Å². The minimum atomic E-state index is -2.81. The lowest BCUT2D eigenvalue weighted by Gasteiger charge is -2.32. The summed E-state index contributed by atoms with van der Waals surface area (Å²) in [5.74, 6) is -3.11. The monoisotopic (exact) mass is 353 g/mol. The van der Waals surface area contributed by atoms with Gasteiger partial charge in [-0.1, -0.05) is 6.07 Å². The van der Waals surface area contributed by atoms with E-state index in [-0.39, 0.29) is 17.7 Å². The number of amides is 1. The molecule has 1 atom stereocenters. The van der Waals surface area contributed by atoms with Gasteiger partial charge in [0.25, 0.3) is 11.8 Å². The third kappa shape index (κ3) is 3.25. The number of hydrogen-bond acceptors (Lipinski definition) is 4. The van der Waals surface area contributed by atoms with Crippen LogP contribution in [0.2, 0.25) is 0 Å². The highest BCUT2D eigenvalue weighted by Crippen LogP contribution is 2.42. The summed E-state index contributed by atoms with van der Waals surface area (Å²) < 4.78 is 43.2. The third-order valence-corrected chi connectivity index (χ3v) is 5.13. The van der Waals surface area contributed by atoms with Gasteiger partial charge in [-0.05, 0) is 45.3 Å². The summed E-state index contributed by atoms with van der Waals surface area (Å²) in [5, 5.41) is 2.32. The van der Waals surface area contributed by atoms with Crippen LogP contribution in [-0.4, -0.2) is 43.3 Å². The van der Waals surface area contributed by atoms with Gasteiger partial charge in [0, 0.05) is 6.42 Å². The maximum atomic E-state index is 13.0. The van der Waals surface area contributed by atoms with Crippen molar-refractivity contribution in [1.29, 1.82) is 0 Å². The molecule has 1 saturated carbocycles. The van der Waals surface area contributed by atoms with Gasteiger partial charge in [-0.25, -0.2) is 8.78 Å². The van der Waals surface area contributed by atoms with Gasteiger partial charge >= 0.3 is 7.12 Å².